The smallest absolute Gasteiger partial charge is 0.225 e. The average Bonchev–Trinajstić information content (AvgIpc) is 2.84. The molecule has 0 atom stereocenters. The van der Waals surface area contributed by atoms with E-state index in [1.54, 1.807) is 7.11 Å². The number of benzene rings is 1. The molecule has 0 amide bonds. The number of hydrogen-bond donors (Lipinski definition) is 1. The quantitative estimate of drug-likeness (QED) is 0.934. The van der Waals surface area contributed by atoms with Crippen LogP contribution < -0.4 is 15.0 Å². The first-order valence-corrected chi connectivity index (χ1v) is 7.76. The number of ether oxygens (including phenoxy) is 1. The van der Waals surface area contributed by atoms with Crippen molar-refractivity contribution in [1.82, 2.24) is 15.3 Å². The molecule has 0 aliphatic carbocycles. The second-order valence-electron chi connectivity index (χ2n) is 5.47. The Kier molecular flexibility index (Phi) is 4.85. The molecule has 1 N–H and O–H groups in total. The molecule has 116 valence electrons. The lowest BCUT2D eigenvalue weighted by atomic mass is 10.1. The molecule has 1 aliphatic rings. The van der Waals surface area contributed by atoms with Gasteiger partial charge in [0, 0.05) is 32.3 Å². The number of rotatable bonds is 4. The molecule has 1 aromatic heterocycles. The van der Waals surface area contributed by atoms with Gasteiger partial charge in [-0.1, -0.05) is 12.1 Å². The van der Waals surface area contributed by atoms with Gasteiger partial charge in [-0.05, 0) is 36.7 Å². The van der Waals surface area contributed by atoms with Crippen LogP contribution in [0, 0.1) is 0 Å². The Hall–Kier alpha value is -2.14. The summed E-state index contributed by atoms with van der Waals surface area (Å²) >= 11 is 0. The number of hydrogen-bond acceptors (Lipinski definition) is 5. The molecule has 1 aliphatic heterocycles. The Bertz CT molecular complexity index is 609. The number of nitrogens with zero attached hydrogens (tertiary/aromatic N) is 3. The Morgan fingerprint density at radius 1 is 1.23 bits per heavy atom. The molecule has 1 aromatic carbocycles. The fourth-order valence-electron chi connectivity index (χ4n) is 2.67. The van der Waals surface area contributed by atoms with Crippen LogP contribution in [0.2, 0.25) is 0 Å². The van der Waals surface area contributed by atoms with Crippen molar-refractivity contribution in [3.63, 3.8) is 0 Å². The van der Waals surface area contributed by atoms with Crippen molar-refractivity contribution in [1.29, 1.82) is 0 Å². The maximum Gasteiger partial charge on any atom is 0.225 e. The summed E-state index contributed by atoms with van der Waals surface area (Å²) in [6.45, 7) is 4.03. The van der Waals surface area contributed by atoms with Crippen LogP contribution in [-0.2, 0) is 6.42 Å². The Labute approximate surface area is 131 Å². The number of aromatic nitrogens is 2. The molecule has 0 radical (unpaired) electrons. The van der Waals surface area contributed by atoms with Gasteiger partial charge >= 0.3 is 0 Å². The summed E-state index contributed by atoms with van der Waals surface area (Å²) in [5.41, 5.74) is 2.23. The van der Waals surface area contributed by atoms with E-state index in [0.29, 0.717) is 0 Å². The molecule has 0 unspecified atom stereocenters. The topological polar surface area (TPSA) is 50.3 Å². The van der Waals surface area contributed by atoms with Crippen LogP contribution in [0.15, 0.2) is 36.5 Å². The molecule has 1 saturated heterocycles. The zero-order valence-corrected chi connectivity index (χ0v) is 13.0. The number of methoxy groups -OCH3 is 1. The highest BCUT2D eigenvalue weighted by Gasteiger charge is 2.12. The van der Waals surface area contributed by atoms with Crippen molar-refractivity contribution >= 4 is 5.95 Å². The van der Waals surface area contributed by atoms with E-state index in [1.807, 2.05) is 24.4 Å². The minimum Gasteiger partial charge on any atom is -0.497 e. The highest BCUT2D eigenvalue weighted by molar-refractivity contribution is 5.34. The molecule has 2 heterocycles. The molecule has 2 aromatic rings. The van der Waals surface area contributed by atoms with Gasteiger partial charge in [0.2, 0.25) is 5.95 Å². The second-order valence-corrected chi connectivity index (χ2v) is 5.47. The van der Waals surface area contributed by atoms with E-state index in [9.17, 15) is 0 Å². The molecule has 1 fully saturated rings. The molecular formula is C17H22N4O. The summed E-state index contributed by atoms with van der Waals surface area (Å²) in [6.07, 6.45) is 3.78. The predicted octanol–water partition coefficient (Wildman–Crippen LogP) is 1.88. The summed E-state index contributed by atoms with van der Waals surface area (Å²) in [6, 6.07) is 10.1. The lowest BCUT2D eigenvalue weighted by Crippen LogP contribution is -2.29. The van der Waals surface area contributed by atoms with Gasteiger partial charge in [0.15, 0.2) is 0 Å². The lowest BCUT2D eigenvalue weighted by Gasteiger charge is -2.20. The van der Waals surface area contributed by atoms with Crippen LogP contribution in [0.4, 0.5) is 5.95 Å². The van der Waals surface area contributed by atoms with Gasteiger partial charge in [-0.2, -0.15) is 0 Å². The molecule has 5 heteroatoms. The van der Waals surface area contributed by atoms with E-state index < -0.39 is 0 Å². The van der Waals surface area contributed by atoms with Crippen molar-refractivity contribution in [2.24, 2.45) is 0 Å². The van der Waals surface area contributed by atoms with Gasteiger partial charge in [0.25, 0.3) is 0 Å². The molecule has 22 heavy (non-hydrogen) atoms. The van der Waals surface area contributed by atoms with Crippen LogP contribution >= 0.6 is 0 Å². The first-order valence-electron chi connectivity index (χ1n) is 7.76. The van der Waals surface area contributed by atoms with Crippen LogP contribution in [0.1, 0.15) is 17.7 Å². The SMILES string of the molecule is COc1cccc(Cc2ccnc(N3CCCNCC3)n2)c1. The van der Waals surface area contributed by atoms with Crippen LogP contribution in [-0.4, -0.2) is 43.3 Å². The average molecular weight is 298 g/mol. The van der Waals surface area contributed by atoms with Crippen LogP contribution in [0.5, 0.6) is 5.75 Å². The van der Waals surface area contributed by atoms with Crippen molar-refractivity contribution in [3.05, 3.63) is 47.8 Å². The third kappa shape index (κ3) is 3.74. The summed E-state index contributed by atoms with van der Waals surface area (Å²) in [4.78, 5) is 11.4. The van der Waals surface area contributed by atoms with Gasteiger partial charge in [0.1, 0.15) is 5.75 Å². The van der Waals surface area contributed by atoms with Gasteiger partial charge in [-0.25, -0.2) is 9.97 Å². The molecule has 0 saturated carbocycles. The van der Waals surface area contributed by atoms with E-state index in [0.717, 1.165) is 56.4 Å². The maximum absolute atomic E-state index is 5.28. The predicted molar refractivity (Wildman–Crippen MR) is 87.5 cm³/mol. The molecule has 5 nitrogen and oxygen atoms in total. The molecule has 0 bridgehead atoms. The fourth-order valence-corrected chi connectivity index (χ4v) is 2.67. The van der Waals surface area contributed by atoms with Crippen molar-refractivity contribution in [2.45, 2.75) is 12.8 Å². The van der Waals surface area contributed by atoms with E-state index in [2.05, 4.69) is 27.3 Å². The van der Waals surface area contributed by atoms with Crippen molar-refractivity contribution in [2.75, 3.05) is 38.2 Å². The summed E-state index contributed by atoms with van der Waals surface area (Å²) < 4.78 is 5.28. The van der Waals surface area contributed by atoms with Crippen LogP contribution in [0.25, 0.3) is 0 Å². The zero-order valence-electron chi connectivity index (χ0n) is 13.0. The highest BCUT2D eigenvalue weighted by Crippen LogP contribution is 2.16. The largest absolute Gasteiger partial charge is 0.497 e. The minimum atomic E-state index is 0.790. The first kappa shape index (κ1) is 14.8. The number of nitrogens with one attached hydrogen (secondary N) is 1. The molecule has 3 rings (SSSR count). The van der Waals surface area contributed by atoms with E-state index in [1.165, 1.54) is 5.56 Å². The van der Waals surface area contributed by atoms with Crippen molar-refractivity contribution in [3.8, 4) is 5.75 Å². The highest BCUT2D eigenvalue weighted by atomic mass is 16.5. The number of anilines is 1. The Morgan fingerprint density at radius 3 is 3.09 bits per heavy atom. The Balaban J connectivity index is 1.75. The Morgan fingerprint density at radius 2 is 2.18 bits per heavy atom. The third-order valence-electron chi connectivity index (χ3n) is 3.84. The minimum absolute atomic E-state index is 0.790. The van der Waals surface area contributed by atoms with E-state index in [4.69, 9.17) is 9.72 Å². The standard InChI is InChI=1S/C17H22N4O/c1-22-16-5-2-4-14(13-16)12-15-6-8-19-17(20-15)21-10-3-7-18-9-11-21/h2,4-6,8,13,18H,3,7,9-12H2,1H3. The van der Waals surface area contributed by atoms with E-state index >= 15 is 0 Å². The lowest BCUT2D eigenvalue weighted by molar-refractivity contribution is 0.414. The summed E-state index contributed by atoms with van der Waals surface area (Å²) in [5, 5.41) is 3.40. The monoisotopic (exact) mass is 298 g/mol. The van der Waals surface area contributed by atoms with Gasteiger partial charge in [-0.15, -0.1) is 0 Å². The fraction of sp³-hybridized carbons (Fsp3) is 0.412. The van der Waals surface area contributed by atoms with Gasteiger partial charge in [-0.3, -0.25) is 0 Å². The van der Waals surface area contributed by atoms with Crippen molar-refractivity contribution < 1.29 is 4.74 Å². The second kappa shape index (κ2) is 7.22. The maximum atomic E-state index is 5.28. The van der Waals surface area contributed by atoms with E-state index in [-0.39, 0.29) is 0 Å². The first-order chi connectivity index (χ1) is 10.8. The van der Waals surface area contributed by atoms with Crippen LogP contribution in [0.3, 0.4) is 0 Å². The normalized spacial score (nSPS) is 15.4. The zero-order chi connectivity index (χ0) is 15.2. The molecule has 0 spiro atoms. The van der Waals surface area contributed by atoms with Gasteiger partial charge < -0.3 is 15.0 Å². The summed E-state index contributed by atoms with van der Waals surface area (Å²) in [5.74, 6) is 1.72. The summed E-state index contributed by atoms with van der Waals surface area (Å²) in [7, 11) is 1.69. The third-order valence-corrected chi connectivity index (χ3v) is 3.84. The van der Waals surface area contributed by atoms with Gasteiger partial charge in [0.05, 0.1) is 12.8 Å². The molecular weight excluding hydrogens is 276 g/mol.